The summed E-state index contributed by atoms with van der Waals surface area (Å²) < 4.78 is 43.4. The second-order valence-electron chi connectivity index (χ2n) is 5.98. The van der Waals surface area contributed by atoms with Crippen molar-refractivity contribution in [1.29, 1.82) is 0 Å². The molecule has 0 aliphatic carbocycles. The maximum Gasteiger partial charge on any atom is 0.256 e. The van der Waals surface area contributed by atoms with Crippen LogP contribution in [0.25, 0.3) is 33.0 Å². The quantitative estimate of drug-likeness (QED) is 0.425. The van der Waals surface area contributed by atoms with Gasteiger partial charge in [-0.1, -0.05) is 18.2 Å². The Morgan fingerprint density at radius 1 is 1.18 bits per heavy atom. The predicted molar refractivity (Wildman–Crippen MR) is 99.1 cm³/mol. The van der Waals surface area contributed by atoms with Gasteiger partial charge in [0.1, 0.15) is 5.82 Å². The van der Waals surface area contributed by atoms with Crippen molar-refractivity contribution in [3.8, 4) is 22.5 Å². The number of rotatable bonds is 4. The Bertz CT molecular complexity index is 1220. The van der Waals surface area contributed by atoms with Crippen molar-refractivity contribution in [2.24, 2.45) is 0 Å². The van der Waals surface area contributed by atoms with E-state index in [0.29, 0.717) is 21.9 Å². The number of benzene rings is 1. The van der Waals surface area contributed by atoms with Gasteiger partial charge < -0.3 is 9.41 Å². The lowest BCUT2D eigenvalue weighted by atomic mass is 10.1. The fraction of sp³-hybridized carbons (Fsp3) is 0.105. The molecule has 4 rings (SSSR count). The number of pyridine rings is 1. The van der Waals surface area contributed by atoms with Crippen LogP contribution >= 0.6 is 11.6 Å². The van der Waals surface area contributed by atoms with Crippen molar-refractivity contribution < 1.29 is 13.2 Å². The summed E-state index contributed by atoms with van der Waals surface area (Å²) in [5, 5.41) is 0.297. The first-order chi connectivity index (χ1) is 13.5. The van der Waals surface area contributed by atoms with Gasteiger partial charge in [0.15, 0.2) is 0 Å². The Balaban J connectivity index is 1.98. The zero-order valence-corrected chi connectivity index (χ0v) is 14.9. The number of fused-ring (bicyclic) bond motifs is 1. The third-order valence-electron chi connectivity index (χ3n) is 4.23. The highest BCUT2D eigenvalue weighted by atomic mass is 35.5. The van der Waals surface area contributed by atoms with Crippen molar-refractivity contribution in [2.45, 2.75) is 13.0 Å². The van der Waals surface area contributed by atoms with Gasteiger partial charge in [0.05, 0.1) is 36.7 Å². The Morgan fingerprint density at radius 3 is 2.75 bits per heavy atom. The summed E-state index contributed by atoms with van der Waals surface area (Å²) in [5.74, 6) is -0.300. The number of imidazole rings is 2. The summed E-state index contributed by atoms with van der Waals surface area (Å²) in [6, 6.07) is 7.32. The number of aromatic nitrogens is 4. The fourth-order valence-corrected chi connectivity index (χ4v) is 3.21. The second kappa shape index (κ2) is 7.02. The molecule has 0 N–H and O–H groups in total. The summed E-state index contributed by atoms with van der Waals surface area (Å²) in [5.41, 5.74) is 1.61. The van der Waals surface area contributed by atoms with Gasteiger partial charge in [0, 0.05) is 22.2 Å². The molecule has 3 aromatic heterocycles. The zero-order valence-electron chi connectivity index (χ0n) is 14.2. The van der Waals surface area contributed by atoms with Crippen LogP contribution in [0.2, 0.25) is 5.02 Å². The van der Waals surface area contributed by atoms with E-state index in [1.807, 2.05) is 0 Å². The number of nitrogens with zero attached hydrogens (tertiary/aromatic N) is 5. The Kier molecular flexibility index (Phi) is 4.53. The lowest BCUT2D eigenvalue weighted by molar-refractivity contribution is 0.127. The van der Waals surface area contributed by atoms with E-state index in [-0.39, 0.29) is 17.1 Å². The second-order valence-corrected chi connectivity index (χ2v) is 6.42. The third-order valence-corrected chi connectivity index (χ3v) is 4.47. The highest BCUT2D eigenvalue weighted by molar-refractivity contribution is 6.30. The number of hydrogen-bond acceptors (Lipinski definition) is 2. The lowest BCUT2D eigenvalue weighted by Gasteiger charge is -2.11. The van der Waals surface area contributed by atoms with E-state index in [0.717, 1.165) is 0 Å². The molecule has 0 unspecified atom stereocenters. The summed E-state index contributed by atoms with van der Waals surface area (Å²) in [6.45, 7) is 6.62. The first-order valence-corrected chi connectivity index (χ1v) is 8.49. The molecule has 5 nitrogen and oxygen atoms in total. The SMILES string of the molecule is [C-]#[N+]c1cnc2ccc(-c3c(-c4cc(Cl)ccc4F)ncn3CC(F)F)cn12. The van der Waals surface area contributed by atoms with Gasteiger partial charge in [-0.05, 0) is 24.3 Å². The third kappa shape index (κ3) is 3.10. The predicted octanol–water partition coefficient (Wildman–Crippen LogP) is 5.47. The summed E-state index contributed by atoms with van der Waals surface area (Å²) in [6.07, 6.45) is 1.63. The van der Waals surface area contributed by atoms with Crippen molar-refractivity contribution >= 4 is 23.1 Å². The molecule has 28 heavy (non-hydrogen) atoms. The maximum absolute atomic E-state index is 14.4. The standard InChI is InChI=1S/C19H11ClF3N5/c1-24-17-7-25-16-5-2-11(8-28(16)17)19-18(26-10-27(19)9-15(22)23)13-6-12(20)3-4-14(13)21/h2-8,10,15H,9H2. The molecule has 1 aromatic carbocycles. The molecule has 0 radical (unpaired) electrons. The average molecular weight is 402 g/mol. The van der Waals surface area contributed by atoms with Gasteiger partial charge in [-0.2, -0.15) is 0 Å². The van der Waals surface area contributed by atoms with Crippen LogP contribution in [-0.2, 0) is 6.54 Å². The fourth-order valence-electron chi connectivity index (χ4n) is 3.04. The average Bonchev–Trinajstić information content (AvgIpc) is 3.26. The molecule has 0 aliphatic heterocycles. The lowest BCUT2D eigenvalue weighted by Crippen LogP contribution is -2.07. The molecule has 0 spiro atoms. The Hall–Kier alpha value is -3.31. The van der Waals surface area contributed by atoms with Gasteiger partial charge in [0.25, 0.3) is 12.2 Å². The highest BCUT2D eigenvalue weighted by Gasteiger charge is 2.21. The molecule has 3 heterocycles. The minimum atomic E-state index is -2.62. The molecule has 4 aromatic rings. The van der Waals surface area contributed by atoms with Crippen LogP contribution in [0.1, 0.15) is 0 Å². The minimum Gasteiger partial charge on any atom is -0.362 e. The van der Waals surface area contributed by atoms with E-state index in [9.17, 15) is 13.2 Å². The molecule has 0 aliphatic rings. The summed E-state index contributed by atoms with van der Waals surface area (Å²) in [4.78, 5) is 11.7. The van der Waals surface area contributed by atoms with E-state index < -0.39 is 18.8 Å². The molecule has 140 valence electrons. The molecule has 9 heteroatoms. The largest absolute Gasteiger partial charge is 0.362 e. The van der Waals surface area contributed by atoms with Gasteiger partial charge in [-0.3, -0.25) is 0 Å². The molecule has 0 bridgehead atoms. The monoisotopic (exact) mass is 401 g/mol. The normalized spacial score (nSPS) is 11.3. The van der Waals surface area contributed by atoms with Crippen LogP contribution in [0.15, 0.2) is 49.1 Å². The molecular weight excluding hydrogens is 391 g/mol. The van der Waals surface area contributed by atoms with Gasteiger partial charge in [0.2, 0.25) is 5.65 Å². The Labute approximate surface area is 162 Å². The smallest absolute Gasteiger partial charge is 0.256 e. The van der Waals surface area contributed by atoms with Gasteiger partial charge >= 0.3 is 0 Å². The van der Waals surface area contributed by atoms with Crippen LogP contribution in [0, 0.1) is 12.4 Å². The summed E-state index contributed by atoms with van der Waals surface area (Å²) >= 11 is 5.99. The van der Waals surface area contributed by atoms with Crippen LogP contribution < -0.4 is 0 Å². The van der Waals surface area contributed by atoms with Crippen LogP contribution in [-0.4, -0.2) is 25.4 Å². The van der Waals surface area contributed by atoms with E-state index in [1.54, 1.807) is 22.7 Å². The van der Waals surface area contributed by atoms with Crippen LogP contribution in [0.3, 0.4) is 0 Å². The zero-order chi connectivity index (χ0) is 19.8. The van der Waals surface area contributed by atoms with E-state index >= 15 is 0 Å². The van der Waals surface area contributed by atoms with E-state index in [4.69, 9.17) is 18.2 Å². The van der Waals surface area contributed by atoms with Crippen molar-refractivity contribution in [3.05, 3.63) is 71.3 Å². The van der Waals surface area contributed by atoms with Gasteiger partial charge in [-0.25, -0.2) is 27.5 Å². The summed E-state index contributed by atoms with van der Waals surface area (Å²) in [7, 11) is 0. The molecule has 0 amide bonds. The minimum absolute atomic E-state index is 0.103. The number of alkyl halides is 2. The Morgan fingerprint density at radius 2 is 2.00 bits per heavy atom. The topological polar surface area (TPSA) is 39.5 Å². The molecule has 0 saturated heterocycles. The number of hydrogen-bond donors (Lipinski definition) is 0. The molecule has 0 fully saturated rings. The molecule has 0 saturated carbocycles. The van der Waals surface area contributed by atoms with E-state index in [2.05, 4.69) is 14.8 Å². The molecule has 0 atom stereocenters. The van der Waals surface area contributed by atoms with Crippen molar-refractivity contribution in [3.63, 3.8) is 0 Å². The highest BCUT2D eigenvalue weighted by Crippen LogP contribution is 2.35. The van der Waals surface area contributed by atoms with E-state index in [1.165, 1.54) is 35.3 Å². The maximum atomic E-state index is 14.4. The number of halogens is 4. The first kappa shape index (κ1) is 18.1. The van der Waals surface area contributed by atoms with Crippen LogP contribution in [0.5, 0.6) is 0 Å². The van der Waals surface area contributed by atoms with Gasteiger partial charge in [-0.15, -0.1) is 0 Å². The van der Waals surface area contributed by atoms with Crippen molar-refractivity contribution in [2.75, 3.05) is 0 Å². The first-order valence-electron chi connectivity index (χ1n) is 8.11. The van der Waals surface area contributed by atoms with Crippen molar-refractivity contribution in [1.82, 2.24) is 18.9 Å². The van der Waals surface area contributed by atoms with Crippen LogP contribution in [0.4, 0.5) is 19.0 Å². The molecular formula is C19H11ClF3N5.